The van der Waals surface area contributed by atoms with Gasteiger partial charge in [-0.2, -0.15) is 0 Å². The number of likely N-dealkylation sites (N-methyl/N-ethyl adjacent to an activating group) is 1. The SMILES string of the molecule is CC(C1CC1)N(C)C(=O)[C@@H](N)Cc1ccc(O)c(O)c1. The Morgan fingerprint density at radius 1 is 1.40 bits per heavy atom. The van der Waals surface area contributed by atoms with Gasteiger partial charge in [-0.1, -0.05) is 6.07 Å². The van der Waals surface area contributed by atoms with E-state index in [9.17, 15) is 15.0 Å². The number of rotatable bonds is 5. The number of aromatic hydroxyl groups is 2. The Morgan fingerprint density at radius 2 is 2.05 bits per heavy atom. The zero-order chi connectivity index (χ0) is 14.9. The van der Waals surface area contributed by atoms with Gasteiger partial charge >= 0.3 is 0 Å². The van der Waals surface area contributed by atoms with E-state index in [-0.39, 0.29) is 23.4 Å². The topological polar surface area (TPSA) is 86.8 Å². The fourth-order valence-corrected chi connectivity index (χ4v) is 2.39. The number of nitrogens with zero attached hydrogens (tertiary/aromatic N) is 1. The molecule has 5 nitrogen and oxygen atoms in total. The lowest BCUT2D eigenvalue weighted by atomic mass is 10.0. The molecule has 5 heteroatoms. The van der Waals surface area contributed by atoms with Gasteiger partial charge in [0.1, 0.15) is 0 Å². The monoisotopic (exact) mass is 278 g/mol. The van der Waals surface area contributed by atoms with Crippen LogP contribution in [0, 0.1) is 5.92 Å². The molecule has 0 heterocycles. The van der Waals surface area contributed by atoms with E-state index in [0.29, 0.717) is 12.3 Å². The fraction of sp³-hybridized carbons (Fsp3) is 0.533. The predicted octanol–water partition coefficient (Wildman–Crippen LogP) is 1.22. The van der Waals surface area contributed by atoms with Crippen molar-refractivity contribution >= 4 is 5.91 Å². The van der Waals surface area contributed by atoms with Crippen LogP contribution in [-0.2, 0) is 11.2 Å². The highest BCUT2D eigenvalue weighted by Crippen LogP contribution is 2.34. The smallest absolute Gasteiger partial charge is 0.239 e. The molecule has 110 valence electrons. The highest BCUT2D eigenvalue weighted by atomic mass is 16.3. The summed E-state index contributed by atoms with van der Waals surface area (Å²) in [5.74, 6) is 0.154. The molecule has 1 amide bonds. The van der Waals surface area contributed by atoms with Crippen LogP contribution in [0.2, 0.25) is 0 Å². The summed E-state index contributed by atoms with van der Waals surface area (Å²) in [5, 5.41) is 18.7. The normalized spacial score (nSPS) is 17.6. The number of hydrogen-bond donors (Lipinski definition) is 3. The minimum atomic E-state index is -0.634. The van der Waals surface area contributed by atoms with E-state index in [1.165, 1.54) is 25.0 Å². The lowest BCUT2D eigenvalue weighted by Crippen LogP contribution is -2.47. The van der Waals surface area contributed by atoms with Crippen LogP contribution in [0.1, 0.15) is 25.3 Å². The number of carbonyl (C=O) groups is 1. The Labute approximate surface area is 119 Å². The third-order valence-electron chi connectivity index (χ3n) is 4.08. The molecule has 1 aromatic rings. The molecule has 4 N–H and O–H groups in total. The van der Waals surface area contributed by atoms with Gasteiger partial charge in [-0.3, -0.25) is 4.79 Å². The second kappa shape index (κ2) is 5.71. The van der Waals surface area contributed by atoms with Crippen molar-refractivity contribution in [3.05, 3.63) is 23.8 Å². The predicted molar refractivity (Wildman–Crippen MR) is 76.4 cm³/mol. The maximum absolute atomic E-state index is 12.3. The molecule has 2 atom stereocenters. The highest BCUT2D eigenvalue weighted by molar-refractivity contribution is 5.82. The first kappa shape index (κ1) is 14.7. The zero-order valence-electron chi connectivity index (χ0n) is 11.9. The molecular weight excluding hydrogens is 256 g/mol. The van der Waals surface area contributed by atoms with Crippen LogP contribution in [-0.4, -0.2) is 40.2 Å². The van der Waals surface area contributed by atoms with Crippen molar-refractivity contribution in [2.45, 2.75) is 38.3 Å². The highest BCUT2D eigenvalue weighted by Gasteiger charge is 2.33. The summed E-state index contributed by atoms with van der Waals surface area (Å²) >= 11 is 0. The van der Waals surface area contributed by atoms with E-state index in [4.69, 9.17) is 5.73 Å². The maximum Gasteiger partial charge on any atom is 0.239 e. The molecule has 0 aromatic heterocycles. The lowest BCUT2D eigenvalue weighted by molar-refractivity contribution is -0.133. The van der Waals surface area contributed by atoms with Gasteiger partial charge in [0.25, 0.3) is 0 Å². The van der Waals surface area contributed by atoms with Crippen LogP contribution >= 0.6 is 0 Å². The third kappa shape index (κ3) is 3.22. The summed E-state index contributed by atoms with van der Waals surface area (Å²) in [7, 11) is 1.79. The maximum atomic E-state index is 12.3. The van der Waals surface area contributed by atoms with Crippen molar-refractivity contribution in [1.29, 1.82) is 0 Å². The molecule has 1 aliphatic rings. The van der Waals surface area contributed by atoms with Crippen molar-refractivity contribution in [3.8, 4) is 11.5 Å². The first-order valence-corrected chi connectivity index (χ1v) is 6.93. The van der Waals surface area contributed by atoms with Gasteiger partial charge in [-0.15, -0.1) is 0 Å². The summed E-state index contributed by atoms with van der Waals surface area (Å²) in [6.45, 7) is 2.05. The zero-order valence-corrected chi connectivity index (χ0v) is 11.9. The van der Waals surface area contributed by atoms with E-state index in [1.54, 1.807) is 18.0 Å². The van der Waals surface area contributed by atoms with E-state index in [2.05, 4.69) is 6.92 Å². The minimum absolute atomic E-state index is 0.0861. The first-order valence-electron chi connectivity index (χ1n) is 6.93. The molecule has 20 heavy (non-hydrogen) atoms. The Bertz CT molecular complexity index is 500. The molecule has 1 saturated carbocycles. The Kier molecular flexibility index (Phi) is 4.18. The molecule has 0 spiro atoms. The Hall–Kier alpha value is -1.75. The van der Waals surface area contributed by atoms with Crippen LogP contribution in [0.4, 0.5) is 0 Å². The van der Waals surface area contributed by atoms with Gasteiger partial charge in [-0.05, 0) is 49.8 Å². The number of phenolic OH excluding ortho intramolecular Hbond substituents is 2. The van der Waals surface area contributed by atoms with Gasteiger partial charge in [0.2, 0.25) is 5.91 Å². The summed E-state index contributed by atoms with van der Waals surface area (Å²) < 4.78 is 0. The summed E-state index contributed by atoms with van der Waals surface area (Å²) in [6, 6.07) is 4.09. The molecule has 0 bridgehead atoms. The molecule has 1 aliphatic carbocycles. The molecule has 0 aliphatic heterocycles. The van der Waals surface area contributed by atoms with Gasteiger partial charge in [0, 0.05) is 13.1 Å². The third-order valence-corrected chi connectivity index (χ3v) is 4.08. The van der Waals surface area contributed by atoms with Crippen molar-refractivity contribution < 1.29 is 15.0 Å². The molecule has 1 fully saturated rings. The first-order chi connectivity index (χ1) is 9.40. The lowest BCUT2D eigenvalue weighted by Gasteiger charge is -2.27. The number of benzene rings is 1. The molecule has 2 rings (SSSR count). The number of nitrogens with two attached hydrogens (primary N) is 1. The number of amides is 1. The van der Waals surface area contributed by atoms with Gasteiger partial charge in [0.15, 0.2) is 11.5 Å². The number of carbonyl (C=O) groups excluding carboxylic acids is 1. The second-order valence-corrected chi connectivity index (χ2v) is 5.66. The van der Waals surface area contributed by atoms with Crippen molar-refractivity contribution in [2.24, 2.45) is 11.7 Å². The van der Waals surface area contributed by atoms with Gasteiger partial charge in [0.05, 0.1) is 6.04 Å². The standard InChI is InChI=1S/C15H22N2O3/c1-9(11-4-5-11)17(2)15(20)12(16)7-10-3-6-13(18)14(19)8-10/h3,6,8-9,11-12,18-19H,4-5,7,16H2,1-2H3/t9?,12-/m0/s1. The van der Waals surface area contributed by atoms with Gasteiger partial charge in [-0.25, -0.2) is 0 Å². The largest absolute Gasteiger partial charge is 0.504 e. The number of phenols is 2. The average Bonchev–Trinajstić information content (AvgIpc) is 3.24. The summed E-state index contributed by atoms with van der Waals surface area (Å²) in [5.41, 5.74) is 6.69. The van der Waals surface area contributed by atoms with Crippen molar-refractivity contribution in [2.75, 3.05) is 7.05 Å². The van der Waals surface area contributed by atoms with E-state index >= 15 is 0 Å². The Balaban J connectivity index is 1.97. The van der Waals surface area contributed by atoms with Crippen LogP contribution in [0.3, 0.4) is 0 Å². The van der Waals surface area contributed by atoms with Gasteiger partial charge < -0.3 is 20.8 Å². The van der Waals surface area contributed by atoms with Crippen LogP contribution in [0.5, 0.6) is 11.5 Å². The van der Waals surface area contributed by atoms with E-state index in [1.807, 2.05) is 0 Å². The van der Waals surface area contributed by atoms with E-state index in [0.717, 1.165) is 5.56 Å². The molecule has 0 radical (unpaired) electrons. The van der Waals surface area contributed by atoms with E-state index < -0.39 is 6.04 Å². The second-order valence-electron chi connectivity index (χ2n) is 5.66. The number of hydrogen-bond acceptors (Lipinski definition) is 4. The van der Waals surface area contributed by atoms with Crippen LogP contribution in [0.15, 0.2) is 18.2 Å². The molecular formula is C15H22N2O3. The molecule has 1 aromatic carbocycles. The quantitative estimate of drug-likeness (QED) is 0.707. The fourth-order valence-electron chi connectivity index (χ4n) is 2.39. The molecule has 0 saturated heterocycles. The van der Waals surface area contributed by atoms with Crippen LogP contribution in [0.25, 0.3) is 0 Å². The summed E-state index contributed by atoms with van der Waals surface area (Å²) in [4.78, 5) is 14.0. The minimum Gasteiger partial charge on any atom is -0.504 e. The molecule has 1 unspecified atom stereocenters. The Morgan fingerprint density at radius 3 is 2.60 bits per heavy atom. The van der Waals surface area contributed by atoms with Crippen molar-refractivity contribution in [3.63, 3.8) is 0 Å². The summed E-state index contributed by atoms with van der Waals surface area (Å²) in [6.07, 6.45) is 2.70. The van der Waals surface area contributed by atoms with Crippen molar-refractivity contribution in [1.82, 2.24) is 4.90 Å². The average molecular weight is 278 g/mol. The van der Waals surface area contributed by atoms with Crippen LogP contribution < -0.4 is 5.73 Å².